The van der Waals surface area contributed by atoms with Gasteiger partial charge in [-0.25, -0.2) is 4.98 Å². The predicted octanol–water partition coefficient (Wildman–Crippen LogP) is 3.96. The molecule has 0 saturated carbocycles. The van der Waals surface area contributed by atoms with Gasteiger partial charge in [0.2, 0.25) is 0 Å². The van der Waals surface area contributed by atoms with E-state index in [9.17, 15) is 18.3 Å². The Morgan fingerprint density at radius 1 is 1.00 bits per heavy atom. The maximum Gasteiger partial charge on any atom is 0.433 e. The maximum atomic E-state index is 12.5. The van der Waals surface area contributed by atoms with Crippen LogP contribution in [0.5, 0.6) is 5.75 Å². The predicted molar refractivity (Wildman–Crippen MR) is 61.5 cm³/mol. The highest BCUT2D eigenvalue weighted by Crippen LogP contribution is 2.35. The second kappa shape index (κ2) is 4.89. The minimum absolute atomic E-state index is 0.0155. The van der Waals surface area contributed by atoms with Crippen molar-refractivity contribution in [3.63, 3.8) is 0 Å². The molecule has 1 N–H and O–H groups in total. The van der Waals surface area contributed by atoms with Gasteiger partial charge in [0, 0.05) is 0 Å². The molecule has 0 aliphatic heterocycles. The van der Waals surface area contributed by atoms with Gasteiger partial charge < -0.3 is 5.11 Å². The highest BCUT2D eigenvalue weighted by molar-refractivity contribution is 7.99. The summed E-state index contributed by atoms with van der Waals surface area (Å²) in [5, 5.41) is 9.72. The first-order chi connectivity index (χ1) is 8.47. The largest absolute Gasteiger partial charge is 0.507 e. The first-order valence-electron chi connectivity index (χ1n) is 4.97. The van der Waals surface area contributed by atoms with Crippen molar-refractivity contribution in [3.05, 3.63) is 48.2 Å². The molecule has 0 unspecified atom stereocenters. The highest BCUT2D eigenvalue weighted by atomic mass is 32.2. The third-order valence-corrected chi connectivity index (χ3v) is 3.10. The molecule has 1 heterocycles. The first-order valence-corrected chi connectivity index (χ1v) is 5.78. The van der Waals surface area contributed by atoms with E-state index in [1.807, 2.05) is 0 Å². The highest BCUT2D eigenvalue weighted by Gasteiger charge is 2.32. The Morgan fingerprint density at radius 3 is 2.39 bits per heavy atom. The molecule has 1 aromatic carbocycles. The summed E-state index contributed by atoms with van der Waals surface area (Å²) in [6, 6.07) is 10.1. The Morgan fingerprint density at radius 2 is 1.72 bits per heavy atom. The van der Waals surface area contributed by atoms with Gasteiger partial charge in [0.1, 0.15) is 16.5 Å². The van der Waals surface area contributed by atoms with Gasteiger partial charge in [-0.1, -0.05) is 30.0 Å². The summed E-state index contributed by atoms with van der Waals surface area (Å²) in [7, 11) is 0. The molecular weight excluding hydrogens is 263 g/mol. The Bertz CT molecular complexity index is 557. The number of benzene rings is 1. The molecule has 0 bridgehead atoms. The van der Waals surface area contributed by atoms with Crippen molar-refractivity contribution in [1.29, 1.82) is 0 Å². The van der Waals surface area contributed by atoms with Crippen LogP contribution in [-0.2, 0) is 6.18 Å². The summed E-state index contributed by atoms with van der Waals surface area (Å²) < 4.78 is 37.4. The second-order valence-electron chi connectivity index (χ2n) is 3.43. The van der Waals surface area contributed by atoms with Crippen LogP contribution in [0.1, 0.15) is 5.69 Å². The van der Waals surface area contributed by atoms with Crippen LogP contribution in [0.3, 0.4) is 0 Å². The molecular formula is C12H8F3NOS. The van der Waals surface area contributed by atoms with E-state index in [-0.39, 0.29) is 10.8 Å². The lowest BCUT2D eigenvalue weighted by atomic mass is 10.3. The third kappa shape index (κ3) is 2.95. The second-order valence-corrected chi connectivity index (χ2v) is 4.49. The van der Waals surface area contributed by atoms with Gasteiger partial charge in [-0.3, -0.25) is 0 Å². The fourth-order valence-corrected chi connectivity index (χ4v) is 2.12. The average molecular weight is 271 g/mol. The Kier molecular flexibility index (Phi) is 3.47. The van der Waals surface area contributed by atoms with Gasteiger partial charge >= 0.3 is 6.18 Å². The van der Waals surface area contributed by atoms with Crippen molar-refractivity contribution in [2.24, 2.45) is 0 Å². The summed E-state index contributed by atoms with van der Waals surface area (Å²) in [6.45, 7) is 0. The maximum absolute atomic E-state index is 12.5. The molecule has 0 saturated heterocycles. The average Bonchev–Trinajstić information content (AvgIpc) is 2.31. The van der Waals surface area contributed by atoms with E-state index in [4.69, 9.17) is 0 Å². The standard InChI is InChI=1S/C12H8F3NOS/c13-12(14,15)10-6-3-7-11(16-10)18-9-5-2-1-4-8(9)17/h1-7,17H. The molecule has 2 aromatic rings. The molecule has 0 amide bonds. The van der Waals surface area contributed by atoms with Crippen LogP contribution < -0.4 is 0 Å². The molecule has 0 radical (unpaired) electrons. The molecule has 1 aromatic heterocycles. The zero-order valence-electron chi connectivity index (χ0n) is 8.98. The summed E-state index contributed by atoms with van der Waals surface area (Å²) in [4.78, 5) is 3.97. The lowest BCUT2D eigenvalue weighted by Gasteiger charge is -2.07. The molecule has 0 spiro atoms. The molecule has 0 fully saturated rings. The van der Waals surface area contributed by atoms with Crippen LogP contribution in [-0.4, -0.2) is 10.1 Å². The van der Waals surface area contributed by atoms with E-state index in [0.29, 0.717) is 4.90 Å². The molecule has 0 aliphatic carbocycles. The van der Waals surface area contributed by atoms with Crippen molar-refractivity contribution in [2.75, 3.05) is 0 Å². The van der Waals surface area contributed by atoms with Crippen LogP contribution in [0.4, 0.5) is 13.2 Å². The van der Waals surface area contributed by atoms with Gasteiger partial charge in [0.25, 0.3) is 0 Å². The smallest absolute Gasteiger partial charge is 0.433 e. The Hall–Kier alpha value is -1.69. The minimum atomic E-state index is -4.46. The summed E-state index contributed by atoms with van der Waals surface area (Å²) in [5.41, 5.74) is -0.942. The van der Waals surface area contributed by atoms with Gasteiger partial charge in [-0.2, -0.15) is 13.2 Å². The van der Waals surface area contributed by atoms with E-state index in [1.165, 1.54) is 18.2 Å². The number of aromatic hydroxyl groups is 1. The fraction of sp³-hybridized carbons (Fsp3) is 0.0833. The third-order valence-electron chi connectivity index (χ3n) is 2.09. The van der Waals surface area contributed by atoms with Crippen molar-refractivity contribution in [1.82, 2.24) is 4.98 Å². The number of hydrogen-bond acceptors (Lipinski definition) is 3. The molecule has 0 aliphatic rings. The van der Waals surface area contributed by atoms with Crippen LogP contribution in [0.15, 0.2) is 52.4 Å². The van der Waals surface area contributed by atoms with Crippen LogP contribution in [0, 0.1) is 0 Å². The minimum Gasteiger partial charge on any atom is -0.507 e. The Labute approximate surface area is 105 Å². The van der Waals surface area contributed by atoms with E-state index >= 15 is 0 Å². The number of alkyl halides is 3. The van der Waals surface area contributed by atoms with E-state index < -0.39 is 11.9 Å². The number of phenols is 1. The van der Waals surface area contributed by atoms with Gasteiger partial charge in [-0.05, 0) is 24.3 Å². The van der Waals surface area contributed by atoms with Crippen molar-refractivity contribution in [2.45, 2.75) is 16.1 Å². The molecule has 94 valence electrons. The number of nitrogens with zero attached hydrogens (tertiary/aromatic N) is 1. The number of para-hydroxylation sites is 1. The Balaban J connectivity index is 2.28. The van der Waals surface area contributed by atoms with Gasteiger partial charge in [-0.15, -0.1) is 0 Å². The fourth-order valence-electron chi connectivity index (χ4n) is 1.29. The first kappa shape index (κ1) is 12.8. The number of phenolic OH excluding ortho intramolecular Hbond substituents is 1. The topological polar surface area (TPSA) is 33.1 Å². The van der Waals surface area contributed by atoms with E-state index in [2.05, 4.69) is 4.98 Å². The zero-order valence-corrected chi connectivity index (χ0v) is 9.79. The number of pyridine rings is 1. The van der Waals surface area contributed by atoms with E-state index in [1.54, 1.807) is 18.2 Å². The lowest BCUT2D eigenvalue weighted by molar-refractivity contribution is -0.141. The molecule has 0 atom stereocenters. The van der Waals surface area contributed by atoms with Crippen molar-refractivity contribution >= 4 is 11.8 Å². The van der Waals surface area contributed by atoms with Gasteiger partial charge in [0.15, 0.2) is 0 Å². The number of halogens is 3. The molecule has 18 heavy (non-hydrogen) atoms. The number of hydrogen-bond donors (Lipinski definition) is 1. The molecule has 6 heteroatoms. The van der Waals surface area contributed by atoms with Crippen LogP contribution >= 0.6 is 11.8 Å². The normalized spacial score (nSPS) is 11.5. The number of aromatic nitrogens is 1. The summed E-state index contributed by atoms with van der Waals surface area (Å²) in [5.74, 6) is 0.0155. The SMILES string of the molecule is Oc1ccccc1Sc1cccc(C(F)(F)F)n1. The van der Waals surface area contributed by atoms with Crippen LogP contribution in [0.2, 0.25) is 0 Å². The molecule has 2 rings (SSSR count). The zero-order chi connectivity index (χ0) is 13.2. The summed E-state index contributed by atoms with van der Waals surface area (Å²) >= 11 is 0.983. The monoisotopic (exact) mass is 271 g/mol. The van der Waals surface area contributed by atoms with Crippen molar-refractivity contribution in [3.8, 4) is 5.75 Å². The lowest BCUT2D eigenvalue weighted by Crippen LogP contribution is -2.07. The van der Waals surface area contributed by atoms with E-state index in [0.717, 1.165) is 17.8 Å². The number of rotatable bonds is 2. The van der Waals surface area contributed by atoms with Crippen LogP contribution in [0.25, 0.3) is 0 Å². The molecule has 2 nitrogen and oxygen atoms in total. The van der Waals surface area contributed by atoms with Gasteiger partial charge in [0.05, 0.1) is 4.90 Å². The van der Waals surface area contributed by atoms with Crippen molar-refractivity contribution < 1.29 is 18.3 Å². The summed E-state index contributed by atoms with van der Waals surface area (Å²) in [6.07, 6.45) is -4.46. The quantitative estimate of drug-likeness (QED) is 0.897.